The van der Waals surface area contributed by atoms with E-state index >= 15 is 0 Å². The van der Waals surface area contributed by atoms with Crippen LogP contribution in [0.15, 0.2) is 53.4 Å². The van der Waals surface area contributed by atoms with E-state index in [0.717, 1.165) is 0 Å². The average molecular weight is 362 g/mol. The van der Waals surface area contributed by atoms with Crippen LogP contribution in [0.25, 0.3) is 0 Å². The van der Waals surface area contributed by atoms with Crippen molar-refractivity contribution in [1.29, 1.82) is 0 Å². The Morgan fingerprint density at radius 1 is 1.08 bits per heavy atom. The summed E-state index contributed by atoms with van der Waals surface area (Å²) >= 11 is 0. The predicted octanol–water partition coefficient (Wildman–Crippen LogP) is 2.98. The first-order chi connectivity index (χ1) is 11.8. The lowest BCUT2D eigenvalue weighted by Crippen LogP contribution is -2.33. The van der Waals surface area contributed by atoms with Crippen LogP contribution in [0.5, 0.6) is 5.75 Å². The number of carbonyl (C=O) groups excluding carboxylic acids is 1. The Morgan fingerprint density at radius 3 is 2.24 bits per heavy atom. The zero-order valence-corrected chi connectivity index (χ0v) is 15.5. The van der Waals surface area contributed by atoms with E-state index in [0.29, 0.717) is 17.0 Å². The number of ether oxygens (including phenoxy) is 1. The molecule has 0 fully saturated rings. The number of hydrogen-bond acceptors (Lipinski definition) is 4. The van der Waals surface area contributed by atoms with E-state index in [4.69, 9.17) is 4.74 Å². The minimum Gasteiger partial charge on any atom is -0.496 e. The molecule has 0 aliphatic carbocycles. The molecule has 2 rings (SSSR count). The van der Waals surface area contributed by atoms with Gasteiger partial charge in [-0.15, -0.1) is 0 Å². The van der Waals surface area contributed by atoms with E-state index in [2.05, 4.69) is 5.32 Å². The molecule has 0 bridgehead atoms. The maximum Gasteiger partial charge on any atom is 0.259 e. The summed E-state index contributed by atoms with van der Waals surface area (Å²) < 4.78 is 31.3. The van der Waals surface area contributed by atoms with Crippen molar-refractivity contribution in [3.05, 3.63) is 54.1 Å². The summed E-state index contributed by atoms with van der Waals surface area (Å²) in [5.74, 6) is 0.144. The lowest BCUT2D eigenvalue weighted by Gasteiger charge is -2.21. The second-order valence-corrected chi connectivity index (χ2v) is 7.79. The quantitative estimate of drug-likeness (QED) is 0.857. The van der Waals surface area contributed by atoms with Gasteiger partial charge in [-0.25, -0.2) is 8.42 Å². The SMILES string of the molecule is COc1ccccc1C(=O)Nc1ccc(S(=O)(=O)N(C)C(C)C)cc1. The summed E-state index contributed by atoms with van der Waals surface area (Å²) in [4.78, 5) is 12.5. The van der Waals surface area contributed by atoms with Gasteiger partial charge in [0.25, 0.3) is 5.91 Å². The summed E-state index contributed by atoms with van der Waals surface area (Å²) in [5.41, 5.74) is 0.906. The number of nitrogens with zero attached hydrogens (tertiary/aromatic N) is 1. The number of carbonyl (C=O) groups is 1. The van der Waals surface area contributed by atoms with Gasteiger partial charge in [-0.2, -0.15) is 4.31 Å². The summed E-state index contributed by atoms with van der Waals surface area (Å²) in [6.45, 7) is 3.61. The van der Waals surface area contributed by atoms with E-state index < -0.39 is 10.0 Å². The summed E-state index contributed by atoms with van der Waals surface area (Å²) in [5, 5.41) is 2.74. The number of benzene rings is 2. The molecule has 1 amide bonds. The van der Waals surface area contributed by atoms with Gasteiger partial charge in [-0.05, 0) is 50.2 Å². The van der Waals surface area contributed by atoms with E-state index in [1.54, 1.807) is 50.2 Å². The van der Waals surface area contributed by atoms with Gasteiger partial charge in [-0.3, -0.25) is 4.79 Å². The van der Waals surface area contributed by atoms with Crippen molar-refractivity contribution in [3.8, 4) is 5.75 Å². The van der Waals surface area contributed by atoms with Gasteiger partial charge in [0.2, 0.25) is 10.0 Å². The number of para-hydroxylation sites is 1. The highest BCUT2D eigenvalue weighted by molar-refractivity contribution is 7.89. The molecule has 2 aromatic rings. The fourth-order valence-electron chi connectivity index (χ4n) is 2.18. The minimum atomic E-state index is -3.55. The first-order valence-electron chi connectivity index (χ1n) is 7.80. The van der Waals surface area contributed by atoms with Gasteiger partial charge >= 0.3 is 0 Å². The summed E-state index contributed by atoms with van der Waals surface area (Å²) in [6.07, 6.45) is 0. The Kier molecular flexibility index (Phi) is 5.81. The normalized spacial score (nSPS) is 11.6. The molecular formula is C18H22N2O4S. The van der Waals surface area contributed by atoms with Crippen LogP contribution in [-0.4, -0.2) is 38.8 Å². The van der Waals surface area contributed by atoms with E-state index in [9.17, 15) is 13.2 Å². The van der Waals surface area contributed by atoms with Crippen molar-refractivity contribution >= 4 is 21.6 Å². The van der Waals surface area contributed by atoms with E-state index in [-0.39, 0.29) is 16.8 Å². The molecule has 2 aromatic carbocycles. The van der Waals surface area contributed by atoms with Crippen molar-refractivity contribution < 1.29 is 17.9 Å². The first-order valence-corrected chi connectivity index (χ1v) is 9.24. The van der Waals surface area contributed by atoms with E-state index in [1.807, 2.05) is 0 Å². The zero-order valence-electron chi connectivity index (χ0n) is 14.7. The summed E-state index contributed by atoms with van der Waals surface area (Å²) in [7, 11) is -0.510. The van der Waals surface area contributed by atoms with Crippen molar-refractivity contribution in [1.82, 2.24) is 4.31 Å². The predicted molar refractivity (Wildman–Crippen MR) is 97.5 cm³/mol. The van der Waals surface area contributed by atoms with Gasteiger partial charge < -0.3 is 10.1 Å². The Balaban J connectivity index is 2.19. The van der Waals surface area contributed by atoms with Crippen LogP contribution in [0.4, 0.5) is 5.69 Å². The highest BCUT2D eigenvalue weighted by Crippen LogP contribution is 2.21. The third kappa shape index (κ3) is 4.18. The van der Waals surface area contributed by atoms with Crippen LogP contribution >= 0.6 is 0 Å². The van der Waals surface area contributed by atoms with Gasteiger partial charge in [0.1, 0.15) is 5.75 Å². The van der Waals surface area contributed by atoms with Gasteiger partial charge in [-0.1, -0.05) is 12.1 Å². The highest BCUT2D eigenvalue weighted by Gasteiger charge is 2.23. The van der Waals surface area contributed by atoms with Crippen molar-refractivity contribution in [3.63, 3.8) is 0 Å². The molecule has 0 heterocycles. The Bertz CT molecular complexity index is 846. The molecule has 6 nitrogen and oxygen atoms in total. The van der Waals surface area contributed by atoms with Crippen LogP contribution in [0.2, 0.25) is 0 Å². The van der Waals surface area contributed by atoms with Gasteiger partial charge in [0.15, 0.2) is 0 Å². The molecule has 0 unspecified atom stereocenters. The number of methoxy groups -OCH3 is 1. The standard InChI is InChI=1S/C18H22N2O4S/c1-13(2)20(3)25(22,23)15-11-9-14(10-12-15)19-18(21)16-7-5-6-8-17(16)24-4/h5-13H,1-4H3,(H,19,21). The molecule has 0 aliphatic heterocycles. The topological polar surface area (TPSA) is 75.7 Å². The Labute approximate surface area is 148 Å². The second kappa shape index (κ2) is 7.67. The number of sulfonamides is 1. The highest BCUT2D eigenvalue weighted by atomic mass is 32.2. The van der Waals surface area contributed by atoms with Crippen molar-refractivity contribution in [2.75, 3.05) is 19.5 Å². The Hall–Kier alpha value is -2.38. The maximum atomic E-state index is 12.4. The second-order valence-electron chi connectivity index (χ2n) is 5.79. The summed E-state index contributed by atoms with van der Waals surface area (Å²) in [6, 6.07) is 12.8. The first kappa shape index (κ1) is 19.0. The lowest BCUT2D eigenvalue weighted by atomic mass is 10.2. The van der Waals surface area contributed by atoms with Gasteiger partial charge in [0.05, 0.1) is 17.6 Å². The smallest absolute Gasteiger partial charge is 0.259 e. The third-order valence-corrected chi connectivity index (χ3v) is 5.92. The van der Waals surface area contributed by atoms with Crippen molar-refractivity contribution in [2.45, 2.75) is 24.8 Å². The maximum absolute atomic E-state index is 12.4. The number of amides is 1. The number of anilines is 1. The van der Waals surface area contributed by atoms with E-state index in [1.165, 1.54) is 30.6 Å². The van der Waals surface area contributed by atoms with Crippen LogP contribution < -0.4 is 10.1 Å². The van der Waals surface area contributed by atoms with Crippen molar-refractivity contribution in [2.24, 2.45) is 0 Å². The molecule has 0 saturated carbocycles. The molecule has 7 heteroatoms. The fourth-order valence-corrected chi connectivity index (χ4v) is 3.55. The van der Waals surface area contributed by atoms with Crippen LogP contribution in [0.3, 0.4) is 0 Å². The average Bonchev–Trinajstić information content (AvgIpc) is 2.61. The molecule has 25 heavy (non-hydrogen) atoms. The van der Waals surface area contributed by atoms with Crippen LogP contribution in [-0.2, 0) is 10.0 Å². The Morgan fingerprint density at radius 2 is 1.68 bits per heavy atom. The number of rotatable bonds is 6. The molecule has 1 N–H and O–H groups in total. The minimum absolute atomic E-state index is 0.144. The number of hydrogen-bond donors (Lipinski definition) is 1. The molecule has 0 atom stereocenters. The molecule has 0 aliphatic rings. The molecule has 0 saturated heterocycles. The molecular weight excluding hydrogens is 340 g/mol. The monoisotopic (exact) mass is 362 g/mol. The largest absolute Gasteiger partial charge is 0.496 e. The molecule has 0 aromatic heterocycles. The van der Waals surface area contributed by atoms with Crippen LogP contribution in [0, 0.1) is 0 Å². The number of nitrogens with one attached hydrogen (secondary N) is 1. The zero-order chi connectivity index (χ0) is 18.6. The lowest BCUT2D eigenvalue weighted by molar-refractivity contribution is 0.102. The van der Waals surface area contributed by atoms with Gasteiger partial charge in [0, 0.05) is 18.8 Å². The molecule has 0 radical (unpaired) electrons. The molecule has 0 spiro atoms. The fraction of sp³-hybridized carbons (Fsp3) is 0.278. The molecule has 134 valence electrons. The van der Waals surface area contributed by atoms with Crippen LogP contribution in [0.1, 0.15) is 24.2 Å². The third-order valence-electron chi connectivity index (χ3n) is 3.87.